The number of hydrogen-bond donors (Lipinski definition) is 4. The zero-order valence-corrected chi connectivity index (χ0v) is 12.6. The van der Waals surface area contributed by atoms with E-state index in [4.69, 9.17) is 11.5 Å². The van der Waals surface area contributed by atoms with Gasteiger partial charge in [0.2, 0.25) is 11.8 Å². The first-order chi connectivity index (χ1) is 11.0. The molecule has 0 unspecified atom stereocenters. The molecular weight excluding hydrogens is 300 g/mol. The minimum atomic E-state index is -1.51. The highest BCUT2D eigenvalue weighted by atomic mass is 16.2. The number of urea groups is 1. The van der Waals surface area contributed by atoms with E-state index in [1.165, 1.54) is 0 Å². The fourth-order valence-corrected chi connectivity index (χ4v) is 2.43. The molecule has 2 heterocycles. The minimum absolute atomic E-state index is 0.0589. The average molecular weight is 320 g/mol. The maximum absolute atomic E-state index is 11.8. The van der Waals surface area contributed by atoms with Crippen molar-refractivity contribution in [1.29, 1.82) is 0 Å². The Balaban J connectivity index is 1.81. The number of hydrogen-bond acceptors (Lipinski definition) is 5. The first-order valence-corrected chi connectivity index (χ1v) is 7.29. The fourth-order valence-electron chi connectivity index (χ4n) is 2.43. The van der Waals surface area contributed by atoms with E-state index in [9.17, 15) is 14.4 Å². The van der Waals surface area contributed by atoms with Crippen LogP contribution in [0.4, 0.5) is 10.6 Å². The largest absolute Gasteiger partial charge is 0.367 e. The van der Waals surface area contributed by atoms with Crippen molar-refractivity contribution in [3.05, 3.63) is 24.4 Å². The van der Waals surface area contributed by atoms with Crippen LogP contribution in [0.2, 0.25) is 0 Å². The van der Waals surface area contributed by atoms with Gasteiger partial charge in [0.25, 0.3) is 0 Å². The van der Waals surface area contributed by atoms with Gasteiger partial charge in [-0.05, 0) is 25.0 Å². The molecule has 1 aromatic rings. The lowest BCUT2D eigenvalue weighted by Gasteiger charge is -2.33. The maximum Gasteiger partial charge on any atom is 0.316 e. The summed E-state index contributed by atoms with van der Waals surface area (Å²) >= 11 is 0. The first kappa shape index (κ1) is 16.5. The van der Waals surface area contributed by atoms with Gasteiger partial charge in [-0.3, -0.25) is 9.59 Å². The molecule has 1 fully saturated rings. The number of nitrogens with two attached hydrogens (primary N) is 2. The summed E-state index contributed by atoms with van der Waals surface area (Å²) in [4.78, 5) is 40.3. The van der Waals surface area contributed by atoms with Gasteiger partial charge in [0.05, 0.1) is 0 Å². The van der Waals surface area contributed by atoms with Gasteiger partial charge in [0, 0.05) is 25.3 Å². The Hall–Kier alpha value is -2.84. The second kappa shape index (κ2) is 7.43. The molecule has 9 heteroatoms. The van der Waals surface area contributed by atoms with Crippen molar-refractivity contribution in [2.24, 2.45) is 11.5 Å². The second-order valence-corrected chi connectivity index (χ2v) is 5.30. The SMILES string of the molecule is NC(=O)C(NC(=O)NC1CCN(c2ccccn2)CC1)C(N)=O. The third-order valence-electron chi connectivity index (χ3n) is 3.65. The number of carbonyl (C=O) groups excluding carboxylic acids is 3. The number of anilines is 1. The van der Waals surface area contributed by atoms with Crippen molar-refractivity contribution in [2.45, 2.75) is 24.9 Å². The Morgan fingerprint density at radius 2 is 1.83 bits per heavy atom. The molecule has 0 saturated carbocycles. The maximum atomic E-state index is 11.8. The molecule has 0 atom stereocenters. The Morgan fingerprint density at radius 1 is 1.17 bits per heavy atom. The van der Waals surface area contributed by atoms with E-state index in [-0.39, 0.29) is 6.04 Å². The Labute approximate surface area is 133 Å². The Kier molecular flexibility index (Phi) is 5.34. The number of nitrogens with one attached hydrogen (secondary N) is 2. The van der Waals surface area contributed by atoms with Crippen LogP contribution in [0.5, 0.6) is 0 Å². The van der Waals surface area contributed by atoms with Crippen molar-refractivity contribution >= 4 is 23.7 Å². The molecule has 0 spiro atoms. The second-order valence-electron chi connectivity index (χ2n) is 5.30. The van der Waals surface area contributed by atoms with Crippen molar-refractivity contribution < 1.29 is 14.4 Å². The quantitative estimate of drug-likeness (QED) is 0.498. The van der Waals surface area contributed by atoms with Gasteiger partial charge in [-0.25, -0.2) is 9.78 Å². The standard InChI is InChI=1S/C14H20N6O3/c15-12(21)11(13(16)22)19-14(23)18-9-4-7-20(8-5-9)10-3-1-2-6-17-10/h1-3,6,9,11H,4-5,7-8H2,(H2,15,21)(H2,16,22)(H2,18,19,23). The molecule has 0 radical (unpaired) electrons. The van der Waals surface area contributed by atoms with Gasteiger partial charge in [0.15, 0.2) is 6.04 Å². The molecule has 124 valence electrons. The lowest BCUT2D eigenvalue weighted by atomic mass is 10.1. The van der Waals surface area contributed by atoms with E-state index in [2.05, 4.69) is 20.5 Å². The highest BCUT2D eigenvalue weighted by Crippen LogP contribution is 2.17. The van der Waals surface area contributed by atoms with Gasteiger partial charge in [-0.15, -0.1) is 0 Å². The summed E-state index contributed by atoms with van der Waals surface area (Å²) in [6, 6.07) is 3.51. The zero-order valence-electron chi connectivity index (χ0n) is 12.6. The monoisotopic (exact) mass is 320 g/mol. The number of pyridine rings is 1. The molecule has 1 aromatic heterocycles. The Morgan fingerprint density at radius 3 is 2.35 bits per heavy atom. The van der Waals surface area contributed by atoms with E-state index in [1.54, 1.807) is 6.20 Å². The van der Waals surface area contributed by atoms with Gasteiger partial charge in [0.1, 0.15) is 5.82 Å². The molecule has 0 aromatic carbocycles. The van der Waals surface area contributed by atoms with Gasteiger partial charge in [-0.2, -0.15) is 0 Å². The zero-order chi connectivity index (χ0) is 16.8. The van der Waals surface area contributed by atoms with Crippen LogP contribution in [0.3, 0.4) is 0 Å². The predicted molar refractivity (Wildman–Crippen MR) is 83.3 cm³/mol. The summed E-state index contributed by atoms with van der Waals surface area (Å²) < 4.78 is 0. The van der Waals surface area contributed by atoms with Crippen LogP contribution in [0.1, 0.15) is 12.8 Å². The summed E-state index contributed by atoms with van der Waals surface area (Å²) in [6.45, 7) is 1.49. The van der Waals surface area contributed by atoms with Crippen LogP contribution in [0, 0.1) is 0 Å². The predicted octanol–water partition coefficient (Wildman–Crippen LogP) is -1.31. The molecule has 23 heavy (non-hydrogen) atoms. The Bertz CT molecular complexity index is 557. The topological polar surface area (TPSA) is 143 Å². The van der Waals surface area contributed by atoms with Crippen molar-refractivity contribution in [1.82, 2.24) is 15.6 Å². The minimum Gasteiger partial charge on any atom is -0.367 e. The lowest BCUT2D eigenvalue weighted by Crippen LogP contribution is -2.57. The number of nitrogens with zero attached hydrogens (tertiary/aromatic N) is 2. The molecule has 1 aliphatic rings. The van der Waals surface area contributed by atoms with Gasteiger partial charge >= 0.3 is 6.03 Å². The number of primary amides is 2. The van der Waals surface area contributed by atoms with Crippen LogP contribution in [-0.2, 0) is 9.59 Å². The molecule has 4 amide bonds. The molecule has 0 bridgehead atoms. The molecule has 6 N–H and O–H groups in total. The third kappa shape index (κ3) is 4.56. The van der Waals surface area contributed by atoms with Gasteiger partial charge in [-0.1, -0.05) is 6.07 Å². The van der Waals surface area contributed by atoms with Crippen molar-refractivity contribution in [3.63, 3.8) is 0 Å². The molecule has 0 aliphatic carbocycles. The van der Waals surface area contributed by atoms with Crippen LogP contribution >= 0.6 is 0 Å². The molecule has 9 nitrogen and oxygen atoms in total. The molecule has 1 aliphatic heterocycles. The number of aromatic nitrogens is 1. The molecule has 2 rings (SSSR count). The lowest BCUT2D eigenvalue weighted by molar-refractivity contribution is -0.128. The highest BCUT2D eigenvalue weighted by Gasteiger charge is 2.26. The first-order valence-electron chi connectivity index (χ1n) is 7.29. The molecular formula is C14H20N6O3. The number of piperidine rings is 1. The highest BCUT2D eigenvalue weighted by molar-refractivity contribution is 6.05. The summed E-state index contributed by atoms with van der Waals surface area (Å²) in [5.41, 5.74) is 10.0. The van der Waals surface area contributed by atoms with E-state index >= 15 is 0 Å². The summed E-state index contributed by atoms with van der Waals surface area (Å²) in [6.07, 6.45) is 3.19. The number of amides is 4. The average Bonchev–Trinajstić information content (AvgIpc) is 2.53. The van der Waals surface area contributed by atoms with Crippen LogP contribution in [0.15, 0.2) is 24.4 Å². The summed E-state index contributed by atoms with van der Waals surface area (Å²) in [7, 11) is 0. The summed E-state index contributed by atoms with van der Waals surface area (Å²) in [5.74, 6) is -1.08. The van der Waals surface area contributed by atoms with Crippen LogP contribution in [0.25, 0.3) is 0 Å². The smallest absolute Gasteiger partial charge is 0.316 e. The number of carbonyl (C=O) groups is 3. The number of rotatable bonds is 5. The molecule has 1 saturated heterocycles. The van der Waals surface area contributed by atoms with Crippen LogP contribution < -0.4 is 27.0 Å². The third-order valence-corrected chi connectivity index (χ3v) is 3.65. The summed E-state index contributed by atoms with van der Waals surface area (Å²) in [5, 5.41) is 4.90. The fraction of sp³-hybridized carbons (Fsp3) is 0.429. The van der Waals surface area contributed by atoms with Crippen molar-refractivity contribution in [3.8, 4) is 0 Å². The van der Waals surface area contributed by atoms with Crippen LogP contribution in [-0.4, -0.2) is 48.0 Å². The van der Waals surface area contributed by atoms with E-state index in [0.29, 0.717) is 0 Å². The normalized spacial score (nSPS) is 15.3. The van der Waals surface area contributed by atoms with E-state index in [0.717, 1.165) is 31.7 Å². The van der Waals surface area contributed by atoms with Crippen molar-refractivity contribution in [2.75, 3.05) is 18.0 Å². The van der Waals surface area contributed by atoms with Gasteiger partial charge < -0.3 is 27.0 Å². The van der Waals surface area contributed by atoms with E-state index < -0.39 is 23.9 Å². The van der Waals surface area contributed by atoms with E-state index in [1.807, 2.05) is 18.2 Å².